The van der Waals surface area contributed by atoms with Gasteiger partial charge in [-0.15, -0.1) is 0 Å². The molecule has 0 fully saturated rings. The van der Waals surface area contributed by atoms with E-state index in [1.807, 2.05) is 6.92 Å². The summed E-state index contributed by atoms with van der Waals surface area (Å²) in [6.45, 7) is 3.72. The molecule has 0 aromatic heterocycles. The zero-order valence-electron chi connectivity index (χ0n) is 11.2. The van der Waals surface area contributed by atoms with Crippen LogP contribution < -0.4 is 9.86 Å². The highest BCUT2D eigenvalue weighted by Gasteiger charge is 2.14. The zero-order chi connectivity index (χ0) is 14.5. The molecule has 0 saturated carbocycles. The summed E-state index contributed by atoms with van der Waals surface area (Å²) in [4.78, 5) is 0. The van der Waals surface area contributed by atoms with Crippen LogP contribution in [0.1, 0.15) is 38.7 Å². The Morgan fingerprint density at radius 1 is 1.37 bits per heavy atom. The van der Waals surface area contributed by atoms with Gasteiger partial charge in [-0.25, -0.2) is 18.1 Å². The largest absolute Gasteiger partial charge is 0.298 e. The van der Waals surface area contributed by atoms with Crippen LogP contribution in [-0.2, 0) is 16.3 Å². The second-order valence-corrected chi connectivity index (χ2v) is 6.15. The Morgan fingerprint density at radius 2 is 2.05 bits per heavy atom. The second kappa shape index (κ2) is 6.86. The number of halogens is 2. The van der Waals surface area contributed by atoms with Crippen LogP contribution in [0.2, 0.25) is 0 Å². The third kappa shape index (κ3) is 4.47. The highest BCUT2D eigenvalue weighted by Crippen LogP contribution is 2.23. The van der Waals surface area contributed by atoms with Crippen LogP contribution in [0.5, 0.6) is 0 Å². The molecule has 0 spiro atoms. The first kappa shape index (κ1) is 15.9. The van der Waals surface area contributed by atoms with Gasteiger partial charge >= 0.3 is 0 Å². The molecule has 1 unspecified atom stereocenters. The fraction of sp³-hybridized carbons (Fsp3) is 0.462. The number of hydrogen-bond acceptors (Lipinski definition) is 1. The molecule has 1 aromatic rings. The molecule has 0 radical (unpaired) electrons. The average Bonchev–Trinajstić information content (AvgIpc) is 2.33. The van der Waals surface area contributed by atoms with E-state index in [0.29, 0.717) is 19.3 Å². The van der Waals surface area contributed by atoms with E-state index in [-0.39, 0.29) is 11.3 Å². The molecule has 3 N–H and O–H groups in total. The van der Waals surface area contributed by atoms with Crippen molar-refractivity contribution in [1.29, 1.82) is 0 Å². The van der Waals surface area contributed by atoms with Crippen LogP contribution in [0.25, 0.3) is 0 Å². The van der Waals surface area contributed by atoms with Crippen molar-refractivity contribution in [3.05, 3.63) is 29.3 Å². The van der Waals surface area contributed by atoms with Gasteiger partial charge in [-0.05, 0) is 31.4 Å². The third-order valence-corrected chi connectivity index (χ3v) is 4.02. The van der Waals surface area contributed by atoms with Crippen molar-refractivity contribution in [3.63, 3.8) is 0 Å². The van der Waals surface area contributed by atoms with Gasteiger partial charge in [0.15, 0.2) is 5.82 Å². The Balaban J connectivity index is 3.10. The Morgan fingerprint density at radius 3 is 2.63 bits per heavy atom. The molecule has 1 atom stereocenters. The maximum atomic E-state index is 14.1. The fourth-order valence-corrected chi connectivity index (χ4v) is 2.80. The molecule has 3 nitrogen and oxygen atoms in total. The molecule has 0 saturated heterocycles. The van der Waals surface area contributed by atoms with Crippen LogP contribution in [-0.4, -0.2) is 9.58 Å². The van der Waals surface area contributed by atoms with Gasteiger partial charge in [0, 0.05) is 10.9 Å². The van der Waals surface area contributed by atoms with E-state index in [1.54, 1.807) is 6.92 Å². The lowest BCUT2D eigenvalue weighted by molar-refractivity contribution is 0.551. The molecule has 19 heavy (non-hydrogen) atoms. The van der Waals surface area contributed by atoms with Crippen molar-refractivity contribution in [3.8, 4) is 0 Å². The smallest absolute Gasteiger partial charge is 0.153 e. The predicted molar refractivity (Wildman–Crippen MR) is 77.3 cm³/mol. The quantitative estimate of drug-likeness (QED) is 0.777. The molecular weight excluding hydrogens is 270 g/mol. The summed E-state index contributed by atoms with van der Waals surface area (Å²) in [5.41, 5.74) is -0.0109. The van der Waals surface area contributed by atoms with E-state index < -0.39 is 21.5 Å². The SMILES string of the molecule is CCC=S(N)(=O)Nc1ccc(F)c(CCCC)c1F. The molecule has 1 aromatic carbocycles. The van der Waals surface area contributed by atoms with Gasteiger partial charge in [-0.3, -0.25) is 4.72 Å². The van der Waals surface area contributed by atoms with E-state index in [2.05, 4.69) is 4.72 Å². The van der Waals surface area contributed by atoms with Crippen LogP contribution in [0.3, 0.4) is 0 Å². The van der Waals surface area contributed by atoms with Gasteiger partial charge < -0.3 is 0 Å². The Bertz CT molecular complexity index is 552. The summed E-state index contributed by atoms with van der Waals surface area (Å²) in [6.07, 6.45) is 2.34. The molecule has 0 amide bonds. The molecule has 0 aliphatic rings. The summed E-state index contributed by atoms with van der Waals surface area (Å²) in [7, 11) is -2.94. The van der Waals surface area contributed by atoms with Gasteiger partial charge in [0.05, 0.1) is 5.69 Å². The van der Waals surface area contributed by atoms with Crippen molar-refractivity contribution >= 4 is 20.9 Å². The standard InChI is InChI=1S/C13H20F2N2OS/c1-3-5-6-10-11(14)7-8-12(13(10)15)17-19(16,18)9-4-2/h7-9H,3-6H2,1-2H3,(H3,16,17,18). The minimum atomic E-state index is -2.94. The number of anilines is 1. The van der Waals surface area contributed by atoms with E-state index in [9.17, 15) is 13.0 Å². The Hall–Kier alpha value is -1.14. The lowest BCUT2D eigenvalue weighted by atomic mass is 10.1. The van der Waals surface area contributed by atoms with Gasteiger partial charge in [-0.2, -0.15) is 0 Å². The fourth-order valence-electron chi connectivity index (χ4n) is 1.72. The summed E-state index contributed by atoms with van der Waals surface area (Å²) in [6, 6.07) is 2.38. The van der Waals surface area contributed by atoms with Crippen LogP contribution in [0.4, 0.5) is 14.5 Å². The molecule has 6 heteroatoms. The molecule has 0 heterocycles. The van der Waals surface area contributed by atoms with Crippen molar-refractivity contribution < 1.29 is 13.0 Å². The number of unbranched alkanes of at least 4 members (excludes halogenated alkanes) is 1. The first-order valence-electron chi connectivity index (χ1n) is 6.31. The van der Waals surface area contributed by atoms with Crippen LogP contribution in [0.15, 0.2) is 12.1 Å². The molecule has 1 rings (SSSR count). The summed E-state index contributed by atoms with van der Waals surface area (Å²) in [5.74, 6) is -1.30. The van der Waals surface area contributed by atoms with Crippen molar-refractivity contribution in [1.82, 2.24) is 0 Å². The van der Waals surface area contributed by atoms with Crippen LogP contribution in [0, 0.1) is 11.6 Å². The number of nitrogens with one attached hydrogen (secondary N) is 1. The first-order valence-corrected chi connectivity index (χ1v) is 7.99. The maximum Gasteiger partial charge on any atom is 0.153 e. The molecular formula is C13H20F2N2OS. The van der Waals surface area contributed by atoms with Gasteiger partial charge in [-0.1, -0.05) is 20.3 Å². The number of hydrogen-bond donors (Lipinski definition) is 2. The second-order valence-electron chi connectivity index (χ2n) is 4.32. The van der Waals surface area contributed by atoms with Crippen molar-refractivity contribution in [2.75, 3.05) is 4.72 Å². The Kier molecular flexibility index (Phi) is 5.75. The lowest BCUT2D eigenvalue weighted by Gasteiger charge is -2.13. The van der Waals surface area contributed by atoms with E-state index in [1.165, 1.54) is 11.4 Å². The van der Waals surface area contributed by atoms with Crippen molar-refractivity contribution in [2.45, 2.75) is 39.5 Å². The minimum Gasteiger partial charge on any atom is -0.298 e. The minimum absolute atomic E-state index is 0.0125. The monoisotopic (exact) mass is 290 g/mol. The molecule has 0 aliphatic heterocycles. The molecule has 0 bridgehead atoms. The Labute approximate surface area is 113 Å². The summed E-state index contributed by atoms with van der Waals surface area (Å²) in [5, 5.41) is 6.89. The third-order valence-electron chi connectivity index (χ3n) is 2.65. The molecule has 108 valence electrons. The van der Waals surface area contributed by atoms with Gasteiger partial charge in [0.1, 0.15) is 15.7 Å². The number of rotatable bonds is 6. The topological polar surface area (TPSA) is 55.1 Å². The average molecular weight is 290 g/mol. The van der Waals surface area contributed by atoms with E-state index in [4.69, 9.17) is 5.14 Å². The summed E-state index contributed by atoms with van der Waals surface area (Å²) < 4.78 is 42.0. The predicted octanol–water partition coefficient (Wildman–Crippen LogP) is 3.00. The summed E-state index contributed by atoms with van der Waals surface area (Å²) >= 11 is 0. The first-order chi connectivity index (χ1) is 8.91. The molecule has 0 aliphatic carbocycles. The lowest BCUT2D eigenvalue weighted by Crippen LogP contribution is -2.25. The normalized spacial score (nSPS) is 13.9. The maximum absolute atomic E-state index is 14.1. The van der Waals surface area contributed by atoms with Gasteiger partial charge in [0.2, 0.25) is 0 Å². The van der Waals surface area contributed by atoms with E-state index in [0.717, 1.165) is 12.5 Å². The highest BCUT2D eigenvalue weighted by molar-refractivity contribution is 8.00. The number of benzene rings is 1. The van der Waals surface area contributed by atoms with Crippen LogP contribution >= 0.6 is 0 Å². The van der Waals surface area contributed by atoms with Crippen molar-refractivity contribution in [2.24, 2.45) is 5.14 Å². The van der Waals surface area contributed by atoms with Gasteiger partial charge in [0.25, 0.3) is 0 Å². The zero-order valence-corrected chi connectivity index (χ0v) is 12.0. The van der Waals surface area contributed by atoms with E-state index >= 15 is 0 Å². The highest BCUT2D eigenvalue weighted by atomic mass is 32.2. The number of nitrogens with two attached hydrogens (primary N) is 1.